The molecule has 2 N–H and O–H groups in total. The van der Waals surface area contributed by atoms with Gasteiger partial charge < -0.3 is 10.3 Å². The minimum Gasteiger partial charge on any atom is -0.325 e. The van der Waals surface area contributed by atoms with E-state index in [2.05, 4.69) is 17.2 Å². The summed E-state index contributed by atoms with van der Waals surface area (Å²) in [6.07, 6.45) is 2.01. The predicted molar refractivity (Wildman–Crippen MR) is 92.7 cm³/mol. The van der Waals surface area contributed by atoms with Crippen LogP contribution in [0, 0.1) is 5.92 Å². The monoisotopic (exact) mass is 324 g/mol. The van der Waals surface area contributed by atoms with Gasteiger partial charge in [-0.3, -0.25) is 14.4 Å². The van der Waals surface area contributed by atoms with Crippen molar-refractivity contribution in [1.29, 1.82) is 0 Å². The standard InChI is InChI=1S/C19H20N2O3/c1-3-12-4-6-13(7-5-12)20-18(23)15-10-14-16(21-19(15)24)8-11(2)9-17(14)22/h4-7,10-11H,3,8-9H2,1-2H3,(H,20,23)(H,21,24)/t11-/m1/s1. The maximum Gasteiger partial charge on any atom is 0.261 e. The summed E-state index contributed by atoms with van der Waals surface area (Å²) in [5.74, 6) is -0.325. The van der Waals surface area contributed by atoms with E-state index in [0.29, 0.717) is 29.8 Å². The summed E-state index contributed by atoms with van der Waals surface area (Å²) in [6, 6.07) is 8.89. The second kappa shape index (κ2) is 6.43. The molecular formula is C19H20N2O3. The van der Waals surface area contributed by atoms with Crippen LogP contribution in [0.4, 0.5) is 5.69 Å². The number of aromatic amines is 1. The first-order valence-electron chi connectivity index (χ1n) is 8.17. The molecule has 2 aromatic rings. The Bertz CT molecular complexity index is 850. The molecule has 0 unspecified atom stereocenters. The van der Waals surface area contributed by atoms with Gasteiger partial charge in [-0.2, -0.15) is 0 Å². The minimum absolute atomic E-state index is 0.0265. The second-order valence-corrected chi connectivity index (χ2v) is 6.35. The van der Waals surface area contributed by atoms with E-state index in [0.717, 1.165) is 6.42 Å². The van der Waals surface area contributed by atoms with Crippen molar-refractivity contribution >= 4 is 17.4 Å². The summed E-state index contributed by atoms with van der Waals surface area (Å²) in [5.41, 5.74) is 2.38. The van der Waals surface area contributed by atoms with Crippen molar-refractivity contribution in [3.63, 3.8) is 0 Å². The smallest absolute Gasteiger partial charge is 0.261 e. The average Bonchev–Trinajstić information content (AvgIpc) is 2.54. The van der Waals surface area contributed by atoms with Gasteiger partial charge in [0, 0.05) is 23.4 Å². The Hall–Kier alpha value is -2.69. The van der Waals surface area contributed by atoms with Crippen molar-refractivity contribution in [2.45, 2.75) is 33.1 Å². The number of aromatic nitrogens is 1. The number of carbonyl (C=O) groups is 2. The van der Waals surface area contributed by atoms with E-state index < -0.39 is 11.5 Å². The Labute approximate surface area is 140 Å². The number of hydrogen-bond donors (Lipinski definition) is 2. The van der Waals surface area contributed by atoms with E-state index in [1.807, 2.05) is 19.1 Å². The van der Waals surface area contributed by atoms with Gasteiger partial charge in [0.05, 0.1) is 0 Å². The number of amides is 1. The molecule has 1 amide bonds. The van der Waals surface area contributed by atoms with Crippen LogP contribution in [-0.2, 0) is 12.8 Å². The van der Waals surface area contributed by atoms with Crippen LogP contribution in [0.2, 0.25) is 0 Å². The second-order valence-electron chi connectivity index (χ2n) is 6.35. The van der Waals surface area contributed by atoms with Gasteiger partial charge in [-0.25, -0.2) is 0 Å². The molecule has 0 saturated carbocycles. The fraction of sp³-hybridized carbons (Fsp3) is 0.316. The van der Waals surface area contributed by atoms with Gasteiger partial charge in [0.1, 0.15) is 5.56 Å². The molecule has 0 bridgehead atoms. The van der Waals surface area contributed by atoms with Gasteiger partial charge in [0.15, 0.2) is 5.78 Å². The number of carbonyl (C=O) groups excluding carboxylic acids is 2. The number of Topliss-reactive ketones (excluding diaryl/α,β-unsaturated/α-hetero) is 1. The van der Waals surface area contributed by atoms with Gasteiger partial charge in [0.2, 0.25) is 0 Å². The summed E-state index contributed by atoms with van der Waals surface area (Å²) < 4.78 is 0. The Kier molecular flexibility index (Phi) is 4.34. The molecule has 1 heterocycles. The molecule has 1 aliphatic carbocycles. The van der Waals surface area contributed by atoms with Crippen molar-refractivity contribution in [1.82, 2.24) is 4.98 Å². The maximum absolute atomic E-state index is 12.4. The van der Waals surface area contributed by atoms with Crippen LogP contribution >= 0.6 is 0 Å². The average molecular weight is 324 g/mol. The summed E-state index contributed by atoms with van der Waals surface area (Å²) in [5, 5.41) is 2.71. The molecule has 0 radical (unpaired) electrons. The first-order valence-corrected chi connectivity index (χ1v) is 8.17. The number of nitrogens with one attached hydrogen (secondary N) is 2. The van der Waals surface area contributed by atoms with Crippen LogP contribution in [0.3, 0.4) is 0 Å². The van der Waals surface area contributed by atoms with Crippen LogP contribution in [0.5, 0.6) is 0 Å². The number of ketones is 1. The van der Waals surface area contributed by atoms with Gasteiger partial charge in [-0.1, -0.05) is 26.0 Å². The number of rotatable bonds is 3. The molecule has 3 rings (SSSR count). The van der Waals surface area contributed by atoms with E-state index in [4.69, 9.17) is 0 Å². The topological polar surface area (TPSA) is 79.0 Å². The van der Waals surface area contributed by atoms with Gasteiger partial charge in [-0.05, 0) is 42.5 Å². The van der Waals surface area contributed by atoms with Crippen LogP contribution in [0.25, 0.3) is 0 Å². The minimum atomic E-state index is -0.505. The van der Waals surface area contributed by atoms with Crippen molar-refractivity contribution in [3.8, 4) is 0 Å². The molecule has 5 heteroatoms. The quantitative estimate of drug-likeness (QED) is 0.911. The molecule has 1 aromatic carbocycles. The van der Waals surface area contributed by atoms with E-state index in [-0.39, 0.29) is 17.3 Å². The van der Waals surface area contributed by atoms with E-state index >= 15 is 0 Å². The largest absolute Gasteiger partial charge is 0.325 e. The number of anilines is 1. The Morgan fingerprint density at radius 1 is 1.21 bits per heavy atom. The molecule has 1 aromatic heterocycles. The van der Waals surface area contributed by atoms with Crippen molar-refractivity contribution in [3.05, 3.63) is 63.1 Å². The lowest BCUT2D eigenvalue weighted by Crippen LogP contribution is -2.29. The molecule has 0 fully saturated rings. The van der Waals surface area contributed by atoms with Crippen molar-refractivity contribution < 1.29 is 9.59 Å². The highest BCUT2D eigenvalue weighted by Crippen LogP contribution is 2.23. The molecule has 24 heavy (non-hydrogen) atoms. The van der Waals surface area contributed by atoms with E-state index in [1.165, 1.54) is 11.6 Å². The summed E-state index contributed by atoms with van der Waals surface area (Å²) in [4.78, 5) is 39.5. The molecule has 1 aliphatic rings. The van der Waals surface area contributed by atoms with Crippen LogP contribution in [0.1, 0.15) is 52.2 Å². The van der Waals surface area contributed by atoms with Gasteiger partial charge in [-0.15, -0.1) is 0 Å². The lowest BCUT2D eigenvalue weighted by atomic mass is 9.86. The third-order valence-electron chi connectivity index (χ3n) is 4.37. The zero-order valence-corrected chi connectivity index (χ0v) is 13.8. The van der Waals surface area contributed by atoms with Crippen molar-refractivity contribution in [2.75, 3.05) is 5.32 Å². The Balaban J connectivity index is 1.88. The number of aryl methyl sites for hydroxylation is 1. The number of hydrogen-bond acceptors (Lipinski definition) is 3. The Morgan fingerprint density at radius 2 is 1.92 bits per heavy atom. The summed E-state index contributed by atoms with van der Waals surface area (Å²) in [7, 11) is 0. The third kappa shape index (κ3) is 3.15. The zero-order chi connectivity index (χ0) is 17.3. The molecular weight excluding hydrogens is 304 g/mol. The number of benzene rings is 1. The SMILES string of the molecule is CCc1ccc(NC(=O)c2cc3c([nH]c2=O)C[C@@H](C)CC3=O)cc1. The normalized spacial score (nSPS) is 16.6. The zero-order valence-electron chi connectivity index (χ0n) is 13.8. The Morgan fingerprint density at radius 3 is 2.58 bits per heavy atom. The first kappa shape index (κ1) is 16.2. The number of fused-ring (bicyclic) bond motifs is 1. The van der Waals surface area contributed by atoms with Crippen molar-refractivity contribution in [2.24, 2.45) is 5.92 Å². The fourth-order valence-electron chi connectivity index (χ4n) is 3.02. The lowest BCUT2D eigenvalue weighted by Gasteiger charge is -2.20. The molecule has 124 valence electrons. The lowest BCUT2D eigenvalue weighted by molar-refractivity contribution is 0.0952. The summed E-state index contributed by atoms with van der Waals surface area (Å²) >= 11 is 0. The molecule has 0 saturated heterocycles. The van der Waals surface area contributed by atoms with E-state index in [1.54, 1.807) is 12.1 Å². The predicted octanol–water partition coefficient (Wildman–Crippen LogP) is 2.95. The van der Waals surface area contributed by atoms with Gasteiger partial charge >= 0.3 is 0 Å². The van der Waals surface area contributed by atoms with Crippen LogP contribution in [0.15, 0.2) is 35.1 Å². The number of pyridine rings is 1. The molecule has 1 atom stereocenters. The molecule has 0 spiro atoms. The fourth-order valence-corrected chi connectivity index (χ4v) is 3.02. The van der Waals surface area contributed by atoms with Crippen LogP contribution in [-0.4, -0.2) is 16.7 Å². The highest BCUT2D eigenvalue weighted by Gasteiger charge is 2.25. The maximum atomic E-state index is 12.4. The number of H-pyrrole nitrogens is 1. The summed E-state index contributed by atoms with van der Waals surface area (Å²) in [6.45, 7) is 4.03. The third-order valence-corrected chi connectivity index (χ3v) is 4.37. The van der Waals surface area contributed by atoms with Crippen LogP contribution < -0.4 is 10.9 Å². The first-order chi connectivity index (χ1) is 11.5. The molecule has 0 aliphatic heterocycles. The highest BCUT2D eigenvalue weighted by atomic mass is 16.2. The van der Waals surface area contributed by atoms with E-state index in [9.17, 15) is 14.4 Å². The molecule has 5 nitrogen and oxygen atoms in total. The van der Waals surface area contributed by atoms with Gasteiger partial charge in [0.25, 0.3) is 11.5 Å². The highest BCUT2D eigenvalue weighted by molar-refractivity contribution is 6.06.